The maximum atomic E-state index is 11.3. The fourth-order valence-corrected chi connectivity index (χ4v) is 3.39. The molecule has 1 aromatic rings. The average Bonchev–Trinajstić information content (AvgIpc) is 2.61. The summed E-state index contributed by atoms with van der Waals surface area (Å²) in [5, 5.41) is 11.9. The maximum Gasteiger partial charge on any atom is 0.248 e. The fourth-order valence-electron chi connectivity index (χ4n) is 3.39. The van der Waals surface area contributed by atoms with Gasteiger partial charge >= 0.3 is 0 Å². The molecule has 1 amide bonds. The Morgan fingerprint density at radius 2 is 1.79 bits per heavy atom. The Hall–Kier alpha value is -2.62. The molecule has 4 N–H and O–H groups in total. The zero-order chi connectivity index (χ0) is 16.9. The first-order valence-corrected chi connectivity index (χ1v) is 8.50. The lowest BCUT2D eigenvalue weighted by Gasteiger charge is -2.28. The van der Waals surface area contributed by atoms with E-state index in [0.29, 0.717) is 17.2 Å². The second kappa shape index (κ2) is 7.30. The molecule has 0 unspecified atom stereocenters. The van der Waals surface area contributed by atoms with Gasteiger partial charge < -0.3 is 16.5 Å². The molecule has 0 atom stereocenters. The van der Waals surface area contributed by atoms with Crippen molar-refractivity contribution in [3.8, 4) is 0 Å². The Balaban J connectivity index is 1.96. The van der Waals surface area contributed by atoms with Gasteiger partial charge in [-0.25, -0.2) is 0 Å². The second-order valence-electron chi connectivity index (χ2n) is 6.36. The van der Waals surface area contributed by atoms with Crippen molar-refractivity contribution in [3.05, 3.63) is 65.4 Å². The van der Waals surface area contributed by atoms with Crippen molar-refractivity contribution < 1.29 is 4.79 Å². The van der Waals surface area contributed by atoms with E-state index in [4.69, 9.17) is 11.1 Å². The van der Waals surface area contributed by atoms with Crippen molar-refractivity contribution >= 4 is 17.3 Å². The first kappa shape index (κ1) is 16.2. The highest BCUT2D eigenvalue weighted by molar-refractivity contribution is 6.15. The lowest BCUT2D eigenvalue weighted by atomic mass is 9.83. The van der Waals surface area contributed by atoms with E-state index in [-0.39, 0.29) is 0 Å². The summed E-state index contributed by atoms with van der Waals surface area (Å²) in [5.74, 6) is -0.0761. The molecule has 0 bridgehead atoms. The molecule has 4 heteroatoms. The van der Waals surface area contributed by atoms with Gasteiger partial charge in [0, 0.05) is 22.5 Å². The van der Waals surface area contributed by atoms with E-state index in [9.17, 15) is 4.79 Å². The summed E-state index contributed by atoms with van der Waals surface area (Å²) in [6, 6.07) is 10.1. The molecule has 0 saturated heterocycles. The number of carbonyl (C=O) groups excluding carboxylic acids is 1. The maximum absolute atomic E-state index is 11.3. The molecule has 1 saturated carbocycles. The molecule has 1 aromatic carbocycles. The summed E-state index contributed by atoms with van der Waals surface area (Å²) in [4.78, 5) is 11.3. The van der Waals surface area contributed by atoms with Gasteiger partial charge in [-0.1, -0.05) is 43.5 Å². The SMILES string of the molecule is N=C1C=C(C(N)=O)C=C/C1=C(/Nc1ccccc1)C1CCCCC1. The van der Waals surface area contributed by atoms with Gasteiger partial charge in [0.25, 0.3) is 0 Å². The summed E-state index contributed by atoms with van der Waals surface area (Å²) in [6.45, 7) is 0. The van der Waals surface area contributed by atoms with Gasteiger partial charge in [-0.05, 0) is 43.0 Å². The number of para-hydroxylation sites is 1. The van der Waals surface area contributed by atoms with E-state index in [1.165, 1.54) is 19.3 Å². The van der Waals surface area contributed by atoms with Crippen molar-refractivity contribution in [2.45, 2.75) is 32.1 Å². The van der Waals surface area contributed by atoms with E-state index >= 15 is 0 Å². The van der Waals surface area contributed by atoms with Crippen LogP contribution in [0, 0.1) is 11.3 Å². The van der Waals surface area contributed by atoms with Crippen LogP contribution in [0.5, 0.6) is 0 Å². The molecule has 0 heterocycles. The van der Waals surface area contributed by atoms with Crippen LogP contribution >= 0.6 is 0 Å². The molecular formula is C20H23N3O. The van der Waals surface area contributed by atoms with Gasteiger partial charge in [-0.3, -0.25) is 4.79 Å². The van der Waals surface area contributed by atoms with Crippen molar-refractivity contribution in [2.24, 2.45) is 11.7 Å². The standard InChI is InChI=1S/C20H23N3O/c21-18-13-15(20(22)24)11-12-17(18)19(14-7-3-1-4-8-14)23-16-9-5-2-6-10-16/h2,5-6,9-14,21,23H,1,3-4,7-8H2,(H2,22,24)/b19-17-,21-18?. The third-order valence-corrected chi connectivity index (χ3v) is 4.66. The largest absolute Gasteiger partial charge is 0.366 e. The first-order chi connectivity index (χ1) is 11.6. The molecule has 0 aromatic heterocycles. The summed E-state index contributed by atoms with van der Waals surface area (Å²) < 4.78 is 0. The molecule has 0 spiro atoms. The van der Waals surface area contributed by atoms with E-state index in [1.807, 2.05) is 36.4 Å². The number of anilines is 1. The van der Waals surface area contributed by atoms with Gasteiger partial charge in [0.05, 0.1) is 5.71 Å². The van der Waals surface area contributed by atoms with Crippen molar-refractivity contribution in [2.75, 3.05) is 5.32 Å². The van der Waals surface area contributed by atoms with Crippen LogP contribution < -0.4 is 11.1 Å². The van der Waals surface area contributed by atoms with Crippen LogP contribution in [0.1, 0.15) is 32.1 Å². The molecule has 0 aliphatic heterocycles. The van der Waals surface area contributed by atoms with Crippen LogP contribution in [0.3, 0.4) is 0 Å². The molecule has 4 nitrogen and oxygen atoms in total. The van der Waals surface area contributed by atoms with Crippen molar-refractivity contribution in [1.82, 2.24) is 0 Å². The number of allylic oxidation sites excluding steroid dienone is 4. The van der Waals surface area contributed by atoms with Gasteiger partial charge in [0.2, 0.25) is 5.91 Å². The highest BCUT2D eigenvalue weighted by atomic mass is 16.1. The number of nitrogens with two attached hydrogens (primary N) is 1. The summed E-state index contributed by atoms with van der Waals surface area (Å²) in [7, 11) is 0. The Labute approximate surface area is 142 Å². The molecule has 1 fully saturated rings. The van der Waals surface area contributed by atoms with Crippen LogP contribution in [0.2, 0.25) is 0 Å². The minimum absolute atomic E-state index is 0.343. The highest BCUT2D eigenvalue weighted by Crippen LogP contribution is 2.33. The summed E-state index contributed by atoms with van der Waals surface area (Å²) in [5.41, 5.74) is 9.02. The van der Waals surface area contributed by atoms with Gasteiger partial charge in [-0.2, -0.15) is 0 Å². The van der Waals surface area contributed by atoms with Gasteiger partial charge in [0.15, 0.2) is 0 Å². The number of rotatable bonds is 4. The third-order valence-electron chi connectivity index (χ3n) is 4.66. The lowest BCUT2D eigenvalue weighted by molar-refractivity contribution is -0.114. The molecule has 24 heavy (non-hydrogen) atoms. The van der Waals surface area contributed by atoms with E-state index in [1.54, 1.807) is 12.2 Å². The summed E-state index contributed by atoms with van der Waals surface area (Å²) in [6.07, 6.45) is 11.1. The molecule has 124 valence electrons. The van der Waals surface area contributed by atoms with Crippen molar-refractivity contribution in [1.29, 1.82) is 5.41 Å². The molecule has 3 rings (SSSR count). The quantitative estimate of drug-likeness (QED) is 0.785. The minimum atomic E-state index is -0.495. The Morgan fingerprint density at radius 3 is 2.42 bits per heavy atom. The summed E-state index contributed by atoms with van der Waals surface area (Å²) >= 11 is 0. The van der Waals surface area contributed by atoms with Crippen LogP contribution in [0.4, 0.5) is 5.69 Å². The van der Waals surface area contributed by atoms with Gasteiger partial charge in [0.1, 0.15) is 0 Å². The monoisotopic (exact) mass is 321 g/mol. The normalized spacial score (nSPS) is 20.5. The van der Waals surface area contributed by atoms with Crippen LogP contribution in [-0.4, -0.2) is 11.6 Å². The van der Waals surface area contributed by atoms with E-state index in [0.717, 1.165) is 29.8 Å². The fraction of sp³-hybridized carbons (Fsp3) is 0.300. The number of nitrogens with one attached hydrogen (secondary N) is 2. The highest BCUT2D eigenvalue weighted by Gasteiger charge is 2.23. The Morgan fingerprint density at radius 1 is 1.08 bits per heavy atom. The first-order valence-electron chi connectivity index (χ1n) is 8.50. The number of hydrogen-bond acceptors (Lipinski definition) is 3. The van der Waals surface area contributed by atoms with E-state index < -0.39 is 5.91 Å². The molecular weight excluding hydrogens is 298 g/mol. The Kier molecular flexibility index (Phi) is 4.94. The molecule has 2 aliphatic carbocycles. The minimum Gasteiger partial charge on any atom is -0.366 e. The molecule has 2 aliphatic rings. The predicted octanol–water partition coefficient (Wildman–Crippen LogP) is 3.93. The van der Waals surface area contributed by atoms with Crippen LogP contribution in [-0.2, 0) is 4.79 Å². The molecule has 0 radical (unpaired) electrons. The third kappa shape index (κ3) is 3.65. The predicted molar refractivity (Wildman–Crippen MR) is 97.8 cm³/mol. The number of amides is 1. The average molecular weight is 321 g/mol. The zero-order valence-electron chi connectivity index (χ0n) is 13.7. The number of primary amides is 1. The Bertz CT molecular complexity index is 723. The second-order valence-corrected chi connectivity index (χ2v) is 6.36. The number of benzene rings is 1. The van der Waals surface area contributed by atoms with E-state index in [2.05, 4.69) is 5.32 Å². The van der Waals surface area contributed by atoms with Crippen LogP contribution in [0.25, 0.3) is 0 Å². The topological polar surface area (TPSA) is 79.0 Å². The van der Waals surface area contributed by atoms with Gasteiger partial charge in [-0.15, -0.1) is 0 Å². The van der Waals surface area contributed by atoms with Crippen LogP contribution in [0.15, 0.2) is 65.4 Å². The lowest BCUT2D eigenvalue weighted by Crippen LogP contribution is -2.22. The number of carbonyl (C=O) groups is 1. The zero-order valence-corrected chi connectivity index (χ0v) is 13.7. The number of hydrogen-bond donors (Lipinski definition) is 3. The van der Waals surface area contributed by atoms with Crippen molar-refractivity contribution in [3.63, 3.8) is 0 Å². The smallest absolute Gasteiger partial charge is 0.248 e.